The summed E-state index contributed by atoms with van der Waals surface area (Å²) in [6.45, 7) is 4.02. The van der Waals surface area contributed by atoms with Crippen LogP contribution in [0.5, 0.6) is 5.75 Å². The molecule has 5 rings (SSSR count). The molecule has 4 aromatic rings. The van der Waals surface area contributed by atoms with E-state index in [9.17, 15) is 19.3 Å². The number of nitrogens with one attached hydrogen (secondary N) is 2. The first kappa shape index (κ1) is 28.7. The summed E-state index contributed by atoms with van der Waals surface area (Å²) < 4.78 is 21.2. The third kappa shape index (κ3) is 5.53. The monoisotopic (exact) mass is 588 g/mol. The molecule has 0 bridgehead atoms. The first-order valence-electron chi connectivity index (χ1n) is 13.2. The summed E-state index contributed by atoms with van der Waals surface area (Å²) in [5, 5.41) is 18.4. The zero-order chi connectivity index (χ0) is 30.0. The Bertz CT molecular complexity index is 1660. The van der Waals surface area contributed by atoms with Gasteiger partial charge < -0.3 is 24.8 Å². The number of pyridine rings is 1. The highest BCUT2D eigenvalue weighted by atomic mass is 32.1. The molecule has 0 saturated carbocycles. The van der Waals surface area contributed by atoms with Gasteiger partial charge in [-0.05, 0) is 74.1 Å². The third-order valence-electron chi connectivity index (χ3n) is 7.33. The van der Waals surface area contributed by atoms with E-state index in [0.717, 1.165) is 22.6 Å². The molecular weight excluding hydrogens is 559 g/mol. The van der Waals surface area contributed by atoms with Crippen molar-refractivity contribution in [2.24, 2.45) is 0 Å². The molecule has 216 valence electrons. The lowest BCUT2D eigenvalue weighted by atomic mass is 9.96. The van der Waals surface area contributed by atoms with Gasteiger partial charge in [0.05, 0.1) is 41.6 Å². The number of halogens is 1. The number of carbonyl (C=O) groups is 1. The molecule has 12 heteroatoms. The van der Waals surface area contributed by atoms with Crippen LogP contribution in [0.25, 0.3) is 5.69 Å². The van der Waals surface area contributed by atoms with E-state index in [1.807, 2.05) is 47.6 Å². The first-order valence-corrected chi connectivity index (χ1v) is 13.6. The number of nitrogens with zero attached hydrogens (tertiary/aromatic N) is 4. The second-order valence-corrected chi connectivity index (χ2v) is 10.3. The molecule has 2 aromatic carbocycles. The van der Waals surface area contributed by atoms with Gasteiger partial charge in [-0.3, -0.25) is 19.9 Å². The van der Waals surface area contributed by atoms with Crippen molar-refractivity contribution in [3.63, 3.8) is 0 Å². The van der Waals surface area contributed by atoms with Crippen LogP contribution in [0.2, 0.25) is 0 Å². The average molecular weight is 589 g/mol. The smallest absolute Gasteiger partial charge is 0.296 e. The highest BCUT2D eigenvalue weighted by molar-refractivity contribution is 7.80. The number of thiocarbonyl (C=S) groups is 1. The van der Waals surface area contributed by atoms with Gasteiger partial charge in [0.15, 0.2) is 5.11 Å². The summed E-state index contributed by atoms with van der Waals surface area (Å²) in [5.74, 6) is -0.492. The number of para-hydroxylation sites is 1. The lowest BCUT2D eigenvalue weighted by Crippen LogP contribution is -2.33. The van der Waals surface area contributed by atoms with Crippen molar-refractivity contribution in [1.29, 1.82) is 0 Å². The molecular formula is C30H29FN6O4S. The van der Waals surface area contributed by atoms with Gasteiger partial charge in [-0.25, -0.2) is 4.39 Å². The molecule has 2 aromatic heterocycles. The molecule has 0 radical (unpaired) electrons. The number of anilines is 1. The Kier molecular flexibility index (Phi) is 8.16. The summed E-state index contributed by atoms with van der Waals surface area (Å²) in [6.07, 6.45) is 1.75. The fraction of sp³-hybridized carbons (Fsp3) is 0.233. The Hall–Kier alpha value is -4.84. The number of hydrogen-bond donors (Lipinski definition) is 2. The van der Waals surface area contributed by atoms with Gasteiger partial charge in [-0.15, -0.1) is 0 Å². The number of aromatic nitrogens is 2. The van der Waals surface area contributed by atoms with E-state index in [1.165, 1.54) is 25.3 Å². The van der Waals surface area contributed by atoms with Crippen LogP contribution in [0.1, 0.15) is 41.1 Å². The Morgan fingerprint density at radius 1 is 1.17 bits per heavy atom. The number of carbonyl (C=O) groups excluding carboxylic acids is 1. The fourth-order valence-electron chi connectivity index (χ4n) is 5.41. The van der Waals surface area contributed by atoms with Gasteiger partial charge in [0, 0.05) is 30.6 Å². The van der Waals surface area contributed by atoms with Crippen LogP contribution in [-0.2, 0) is 4.79 Å². The largest absolute Gasteiger partial charge is 0.496 e. The van der Waals surface area contributed by atoms with Crippen LogP contribution >= 0.6 is 12.2 Å². The van der Waals surface area contributed by atoms with Gasteiger partial charge in [-0.2, -0.15) is 0 Å². The van der Waals surface area contributed by atoms with Crippen LogP contribution in [0.4, 0.5) is 15.8 Å². The molecule has 2 atom stereocenters. The van der Waals surface area contributed by atoms with E-state index in [4.69, 9.17) is 17.0 Å². The van der Waals surface area contributed by atoms with Gasteiger partial charge >= 0.3 is 0 Å². The number of nitro benzene ring substituents is 1. The van der Waals surface area contributed by atoms with Crippen molar-refractivity contribution in [3.05, 3.63) is 112 Å². The molecule has 1 aliphatic heterocycles. The lowest BCUT2D eigenvalue weighted by Gasteiger charge is -2.28. The highest BCUT2D eigenvalue weighted by Crippen LogP contribution is 2.42. The number of hydrogen-bond acceptors (Lipinski definition) is 6. The van der Waals surface area contributed by atoms with Crippen LogP contribution in [0, 0.1) is 29.8 Å². The van der Waals surface area contributed by atoms with E-state index in [2.05, 4.69) is 15.6 Å². The lowest BCUT2D eigenvalue weighted by molar-refractivity contribution is -0.384. The van der Waals surface area contributed by atoms with Gasteiger partial charge in [0.25, 0.3) is 5.69 Å². The van der Waals surface area contributed by atoms with Crippen molar-refractivity contribution in [2.75, 3.05) is 19.0 Å². The number of ether oxygens (including phenoxy) is 1. The van der Waals surface area contributed by atoms with Gasteiger partial charge in [0.1, 0.15) is 17.3 Å². The van der Waals surface area contributed by atoms with Gasteiger partial charge in [0.2, 0.25) is 5.91 Å². The number of rotatable bonds is 9. The predicted octanol–water partition coefficient (Wildman–Crippen LogP) is 5.55. The van der Waals surface area contributed by atoms with Crippen LogP contribution in [0.3, 0.4) is 0 Å². The topological polar surface area (TPSA) is 115 Å². The Balaban J connectivity index is 1.52. The summed E-state index contributed by atoms with van der Waals surface area (Å²) in [4.78, 5) is 30.9. The maximum absolute atomic E-state index is 14.1. The van der Waals surface area contributed by atoms with E-state index in [1.54, 1.807) is 30.5 Å². The SMILES string of the molecule is COc1ccc(-n2c(C)cc(C3C(c4ccccn4)NC(=S)N3CCC(=O)Nc3ccccc3F)c2C)c([N+](=O)[O-])c1. The molecule has 3 heterocycles. The molecule has 1 fully saturated rings. The van der Waals surface area contributed by atoms with Crippen molar-refractivity contribution in [2.45, 2.75) is 32.4 Å². The maximum atomic E-state index is 14.1. The second-order valence-electron chi connectivity index (χ2n) is 9.87. The van der Waals surface area contributed by atoms with Crippen molar-refractivity contribution < 1.29 is 18.8 Å². The van der Waals surface area contributed by atoms with Gasteiger partial charge in [-0.1, -0.05) is 18.2 Å². The zero-order valence-corrected chi connectivity index (χ0v) is 24.0. The Morgan fingerprint density at radius 2 is 1.93 bits per heavy atom. The summed E-state index contributed by atoms with van der Waals surface area (Å²) >= 11 is 5.74. The quantitative estimate of drug-likeness (QED) is 0.149. The maximum Gasteiger partial charge on any atom is 0.296 e. The van der Waals surface area contributed by atoms with Crippen LogP contribution in [-0.4, -0.2) is 44.0 Å². The summed E-state index contributed by atoms with van der Waals surface area (Å²) in [7, 11) is 1.46. The van der Waals surface area contributed by atoms with E-state index >= 15 is 0 Å². The first-order chi connectivity index (χ1) is 20.2. The number of methoxy groups -OCH3 is 1. The van der Waals surface area contributed by atoms with Crippen LogP contribution in [0.15, 0.2) is 72.9 Å². The molecule has 42 heavy (non-hydrogen) atoms. The molecule has 1 amide bonds. The molecule has 2 N–H and O–H groups in total. The van der Waals surface area contributed by atoms with E-state index < -0.39 is 10.7 Å². The second kappa shape index (κ2) is 12.0. The normalized spacial score (nSPS) is 16.3. The third-order valence-corrected chi connectivity index (χ3v) is 7.69. The average Bonchev–Trinajstić information content (AvgIpc) is 3.47. The van der Waals surface area contributed by atoms with Crippen LogP contribution < -0.4 is 15.4 Å². The molecule has 1 saturated heterocycles. The number of amides is 1. The number of nitro groups is 1. The minimum Gasteiger partial charge on any atom is -0.496 e. The predicted molar refractivity (Wildman–Crippen MR) is 160 cm³/mol. The molecule has 0 spiro atoms. The number of aryl methyl sites for hydroxylation is 1. The standard InChI is InChI=1S/C30H29FN6O4S/c1-18-16-21(19(2)36(18)25-12-11-20(41-3)17-26(25)37(39)40)29-28(24-10-6-7-14-32-24)34-30(42)35(29)15-13-27(38)33-23-9-5-4-8-22(23)31/h4-12,14,16-17,28-29H,13,15H2,1-3H3,(H,33,38)(H,34,42). The molecule has 2 unspecified atom stereocenters. The summed E-state index contributed by atoms with van der Waals surface area (Å²) in [5.41, 5.74) is 3.60. The highest BCUT2D eigenvalue weighted by Gasteiger charge is 2.41. The van der Waals surface area contributed by atoms with Crippen molar-refractivity contribution in [3.8, 4) is 11.4 Å². The van der Waals surface area contributed by atoms with E-state index in [0.29, 0.717) is 16.5 Å². The van der Waals surface area contributed by atoms with Crippen molar-refractivity contribution in [1.82, 2.24) is 19.8 Å². The Morgan fingerprint density at radius 3 is 2.62 bits per heavy atom. The van der Waals surface area contributed by atoms with Crippen molar-refractivity contribution >= 4 is 34.6 Å². The zero-order valence-electron chi connectivity index (χ0n) is 23.2. The summed E-state index contributed by atoms with van der Waals surface area (Å²) in [6, 6.07) is 17.6. The molecule has 1 aliphatic rings. The fourth-order valence-corrected chi connectivity index (χ4v) is 5.74. The molecule has 10 nitrogen and oxygen atoms in total. The minimum atomic E-state index is -0.516. The minimum absolute atomic E-state index is 0.0459. The van der Waals surface area contributed by atoms with E-state index in [-0.39, 0.29) is 42.3 Å². The number of benzene rings is 2. The molecule has 0 aliphatic carbocycles. The Labute approximate surface area is 247 Å².